The average molecular weight is 446 g/mol. The van der Waals surface area contributed by atoms with Gasteiger partial charge in [0.25, 0.3) is 0 Å². The van der Waals surface area contributed by atoms with Crippen molar-refractivity contribution in [2.75, 3.05) is 7.05 Å². The fourth-order valence-electron chi connectivity index (χ4n) is 3.00. The Balaban J connectivity index is 1.58. The summed E-state index contributed by atoms with van der Waals surface area (Å²) in [5, 5.41) is 5.19. The van der Waals surface area contributed by atoms with Crippen LogP contribution in [0, 0.1) is 0 Å². The van der Waals surface area contributed by atoms with Crippen LogP contribution in [0.2, 0.25) is 10.0 Å². The van der Waals surface area contributed by atoms with Crippen molar-refractivity contribution in [3.8, 4) is 11.4 Å². The van der Waals surface area contributed by atoms with E-state index in [2.05, 4.69) is 43.0 Å². The van der Waals surface area contributed by atoms with E-state index in [0.717, 1.165) is 11.1 Å². The number of nitrogens with zero attached hydrogens (tertiary/aromatic N) is 3. The first-order valence-corrected chi connectivity index (χ1v) is 10.5. The molecule has 0 aliphatic carbocycles. The van der Waals surface area contributed by atoms with E-state index in [1.807, 2.05) is 18.2 Å². The molecule has 5 nitrogen and oxygen atoms in total. The van der Waals surface area contributed by atoms with Crippen molar-refractivity contribution in [3.05, 3.63) is 69.5 Å². The Kier molecular flexibility index (Phi) is 6.84. The van der Waals surface area contributed by atoms with E-state index in [9.17, 15) is 4.79 Å². The van der Waals surface area contributed by atoms with Crippen LogP contribution in [-0.2, 0) is 23.2 Å². The third-order valence-corrected chi connectivity index (χ3v) is 5.49. The Labute approximate surface area is 187 Å². The summed E-state index contributed by atoms with van der Waals surface area (Å²) < 4.78 is 5.34. The summed E-state index contributed by atoms with van der Waals surface area (Å²) in [4.78, 5) is 18.5. The van der Waals surface area contributed by atoms with Gasteiger partial charge in [-0.1, -0.05) is 79.5 Å². The molecule has 0 atom stereocenters. The largest absolute Gasteiger partial charge is 0.337 e. The molecule has 1 aromatic heterocycles. The molecule has 1 amide bonds. The van der Waals surface area contributed by atoms with Crippen LogP contribution in [0.4, 0.5) is 0 Å². The number of carbonyl (C=O) groups is 1. The zero-order valence-electron chi connectivity index (χ0n) is 17.6. The van der Waals surface area contributed by atoms with E-state index in [1.54, 1.807) is 24.1 Å². The molecule has 0 bridgehead atoms. The number of aromatic nitrogens is 2. The zero-order valence-corrected chi connectivity index (χ0v) is 19.1. The predicted octanol–water partition coefficient (Wildman–Crippen LogP) is 5.93. The van der Waals surface area contributed by atoms with E-state index in [4.69, 9.17) is 27.7 Å². The maximum absolute atomic E-state index is 12.5. The molecule has 0 aliphatic heterocycles. The number of amides is 1. The molecule has 158 valence electrons. The van der Waals surface area contributed by atoms with Crippen molar-refractivity contribution < 1.29 is 9.32 Å². The quantitative estimate of drug-likeness (QED) is 0.471. The molecule has 0 radical (unpaired) electrons. The lowest BCUT2D eigenvalue weighted by atomic mass is 9.87. The normalized spacial score (nSPS) is 11.5. The Bertz CT molecular complexity index is 1020. The lowest BCUT2D eigenvalue weighted by molar-refractivity contribution is -0.130. The monoisotopic (exact) mass is 445 g/mol. The minimum atomic E-state index is -0.0321. The maximum Gasteiger partial charge on any atom is 0.246 e. The summed E-state index contributed by atoms with van der Waals surface area (Å²) >= 11 is 12.1. The van der Waals surface area contributed by atoms with E-state index in [0.29, 0.717) is 34.6 Å². The van der Waals surface area contributed by atoms with Gasteiger partial charge in [0.1, 0.15) is 0 Å². The summed E-state index contributed by atoms with van der Waals surface area (Å²) in [5.74, 6) is 0.875. The van der Waals surface area contributed by atoms with Crippen LogP contribution < -0.4 is 0 Å². The lowest BCUT2D eigenvalue weighted by Gasteiger charge is -2.18. The molecular weight excluding hydrogens is 421 g/mol. The number of benzene rings is 2. The standard InChI is InChI=1S/C23H25Cl2N3O2/c1-23(2,3)17-9-5-16(6-10-17)22-26-20(30-27-22)14-28(4)21(29)12-8-15-7-11-18(24)13-19(15)25/h5-7,9-11,13H,8,12,14H2,1-4H3. The van der Waals surface area contributed by atoms with Crippen LogP contribution >= 0.6 is 23.2 Å². The summed E-state index contributed by atoms with van der Waals surface area (Å²) in [6.45, 7) is 6.76. The zero-order chi connectivity index (χ0) is 21.9. The third-order valence-electron chi connectivity index (χ3n) is 4.90. The highest BCUT2D eigenvalue weighted by molar-refractivity contribution is 6.35. The van der Waals surface area contributed by atoms with Gasteiger partial charge in [-0.05, 0) is 35.1 Å². The molecule has 2 aromatic carbocycles. The van der Waals surface area contributed by atoms with Gasteiger partial charge in [0.2, 0.25) is 17.6 Å². The van der Waals surface area contributed by atoms with Crippen LogP contribution in [-0.4, -0.2) is 28.0 Å². The molecule has 0 aliphatic rings. The molecule has 0 unspecified atom stereocenters. The minimum absolute atomic E-state index is 0.0321. The van der Waals surface area contributed by atoms with Crippen LogP contribution in [0.5, 0.6) is 0 Å². The van der Waals surface area contributed by atoms with Gasteiger partial charge in [0, 0.05) is 29.1 Å². The highest BCUT2D eigenvalue weighted by Crippen LogP contribution is 2.25. The lowest BCUT2D eigenvalue weighted by Crippen LogP contribution is -2.26. The SMILES string of the molecule is CN(Cc1nc(-c2ccc(C(C)(C)C)cc2)no1)C(=O)CCc1ccc(Cl)cc1Cl. The van der Waals surface area contributed by atoms with Gasteiger partial charge < -0.3 is 9.42 Å². The molecule has 0 N–H and O–H groups in total. The number of hydrogen-bond acceptors (Lipinski definition) is 4. The smallest absolute Gasteiger partial charge is 0.246 e. The molecule has 3 rings (SSSR count). The van der Waals surface area contributed by atoms with E-state index in [1.165, 1.54) is 5.56 Å². The van der Waals surface area contributed by atoms with Crippen LogP contribution in [0.3, 0.4) is 0 Å². The number of carbonyl (C=O) groups excluding carboxylic acids is 1. The second kappa shape index (κ2) is 9.19. The van der Waals surface area contributed by atoms with E-state index >= 15 is 0 Å². The van der Waals surface area contributed by atoms with Crippen molar-refractivity contribution in [2.24, 2.45) is 0 Å². The van der Waals surface area contributed by atoms with Crippen molar-refractivity contribution in [3.63, 3.8) is 0 Å². The third kappa shape index (κ3) is 5.61. The fraction of sp³-hybridized carbons (Fsp3) is 0.348. The van der Waals surface area contributed by atoms with Gasteiger partial charge in [0.15, 0.2) is 0 Å². The topological polar surface area (TPSA) is 59.2 Å². The Hall–Kier alpha value is -2.37. The fourth-order valence-corrected chi connectivity index (χ4v) is 3.51. The molecule has 3 aromatic rings. The molecule has 30 heavy (non-hydrogen) atoms. The summed E-state index contributed by atoms with van der Waals surface area (Å²) in [7, 11) is 1.72. The Morgan fingerprint density at radius 2 is 1.80 bits per heavy atom. The van der Waals surface area contributed by atoms with Crippen LogP contribution in [0.1, 0.15) is 44.2 Å². The molecule has 0 saturated carbocycles. The van der Waals surface area contributed by atoms with Gasteiger partial charge in [-0.15, -0.1) is 0 Å². The van der Waals surface area contributed by atoms with Crippen LogP contribution in [0.25, 0.3) is 11.4 Å². The minimum Gasteiger partial charge on any atom is -0.337 e. The van der Waals surface area contributed by atoms with Gasteiger partial charge >= 0.3 is 0 Å². The summed E-state index contributed by atoms with van der Waals surface area (Å²) in [5.41, 5.74) is 3.09. The maximum atomic E-state index is 12.5. The number of rotatable bonds is 6. The Morgan fingerprint density at radius 1 is 1.10 bits per heavy atom. The number of hydrogen-bond donors (Lipinski definition) is 0. The molecule has 7 heteroatoms. The first kappa shape index (κ1) is 22.3. The summed E-state index contributed by atoms with van der Waals surface area (Å²) in [6.07, 6.45) is 0.863. The van der Waals surface area contributed by atoms with Crippen molar-refractivity contribution in [1.29, 1.82) is 0 Å². The first-order chi connectivity index (χ1) is 14.1. The first-order valence-electron chi connectivity index (χ1n) is 9.75. The van der Waals surface area contributed by atoms with E-state index in [-0.39, 0.29) is 17.9 Å². The average Bonchev–Trinajstić information content (AvgIpc) is 3.15. The van der Waals surface area contributed by atoms with Crippen LogP contribution in [0.15, 0.2) is 47.0 Å². The molecule has 0 fully saturated rings. The summed E-state index contributed by atoms with van der Waals surface area (Å²) in [6, 6.07) is 13.4. The Morgan fingerprint density at radius 3 is 2.43 bits per heavy atom. The highest BCUT2D eigenvalue weighted by atomic mass is 35.5. The second-order valence-corrected chi connectivity index (χ2v) is 9.17. The molecule has 0 spiro atoms. The van der Waals surface area contributed by atoms with Crippen molar-refractivity contribution in [1.82, 2.24) is 15.0 Å². The molecule has 1 heterocycles. The van der Waals surface area contributed by atoms with Gasteiger partial charge in [-0.25, -0.2) is 0 Å². The van der Waals surface area contributed by atoms with Crippen molar-refractivity contribution in [2.45, 2.75) is 45.6 Å². The number of aryl methyl sites for hydroxylation is 1. The number of halogens is 2. The van der Waals surface area contributed by atoms with Gasteiger partial charge in [-0.3, -0.25) is 4.79 Å². The van der Waals surface area contributed by atoms with E-state index < -0.39 is 0 Å². The van der Waals surface area contributed by atoms with Gasteiger partial charge in [0.05, 0.1) is 6.54 Å². The second-order valence-electron chi connectivity index (χ2n) is 8.32. The molecular formula is C23H25Cl2N3O2. The molecule has 0 saturated heterocycles. The van der Waals surface area contributed by atoms with Gasteiger partial charge in [-0.2, -0.15) is 4.98 Å². The highest BCUT2D eigenvalue weighted by Gasteiger charge is 2.17. The van der Waals surface area contributed by atoms with Crippen molar-refractivity contribution >= 4 is 29.1 Å². The predicted molar refractivity (Wildman–Crippen MR) is 120 cm³/mol.